The maximum absolute atomic E-state index is 12.1. The van der Waals surface area contributed by atoms with Gasteiger partial charge in [0, 0.05) is 38.1 Å². The summed E-state index contributed by atoms with van der Waals surface area (Å²) < 4.78 is 11.3. The highest BCUT2D eigenvalue weighted by Crippen LogP contribution is 2.62. The summed E-state index contributed by atoms with van der Waals surface area (Å²) in [7, 11) is 5.19. The number of likely N-dealkylation sites (N-methyl/N-ethyl adjacent to an activating group) is 1. The molecular weight excluding hydrogens is 368 g/mol. The van der Waals surface area contributed by atoms with Crippen LogP contribution in [0.3, 0.4) is 0 Å². The van der Waals surface area contributed by atoms with Gasteiger partial charge in [-0.15, -0.1) is 0 Å². The van der Waals surface area contributed by atoms with Gasteiger partial charge < -0.3 is 25.0 Å². The molecule has 0 radical (unpaired) electrons. The molecule has 3 atom stereocenters. The van der Waals surface area contributed by atoms with Gasteiger partial charge in [-0.1, -0.05) is 18.6 Å². The van der Waals surface area contributed by atoms with Gasteiger partial charge in [0.25, 0.3) is 0 Å². The average molecular weight is 401 g/mol. The maximum Gasteiger partial charge on any atom is 0.241 e. The average Bonchev–Trinajstić information content (AvgIpc) is 3.11. The number of ether oxygens (including phenoxy) is 2. The van der Waals surface area contributed by atoms with Crippen molar-refractivity contribution in [1.29, 1.82) is 0 Å². The van der Waals surface area contributed by atoms with Gasteiger partial charge in [-0.3, -0.25) is 4.79 Å². The molecule has 0 aromatic heterocycles. The van der Waals surface area contributed by atoms with Crippen molar-refractivity contribution in [2.75, 3.05) is 34.4 Å². The fourth-order valence-electron chi connectivity index (χ4n) is 4.97. The Hall–Kier alpha value is -2.28. The van der Waals surface area contributed by atoms with E-state index < -0.39 is 0 Å². The van der Waals surface area contributed by atoms with Crippen LogP contribution in [0.4, 0.5) is 0 Å². The molecule has 1 amide bonds. The van der Waals surface area contributed by atoms with Crippen molar-refractivity contribution in [1.82, 2.24) is 15.5 Å². The molecule has 3 fully saturated rings. The summed E-state index contributed by atoms with van der Waals surface area (Å²) in [6.45, 7) is 1.63. The lowest BCUT2D eigenvalue weighted by molar-refractivity contribution is -0.171. The molecule has 4 rings (SSSR count). The van der Waals surface area contributed by atoms with Crippen LogP contribution >= 0.6 is 0 Å². The van der Waals surface area contributed by atoms with Crippen LogP contribution in [0.2, 0.25) is 0 Å². The zero-order valence-corrected chi connectivity index (χ0v) is 17.6. The van der Waals surface area contributed by atoms with Crippen LogP contribution in [0.25, 0.3) is 0 Å². The Labute approximate surface area is 172 Å². The Morgan fingerprint density at radius 2 is 2.07 bits per heavy atom. The van der Waals surface area contributed by atoms with Crippen molar-refractivity contribution in [3.05, 3.63) is 29.8 Å². The van der Waals surface area contributed by atoms with Gasteiger partial charge >= 0.3 is 0 Å². The minimum absolute atomic E-state index is 0.0259. The first kappa shape index (κ1) is 20.0. The Kier molecular flexibility index (Phi) is 5.67. The number of nitrogens with one attached hydrogen (secondary N) is 2. The number of carbonyl (C=O) groups is 1. The number of fused-ring (bicyclic) bond motifs is 2. The number of methoxy groups -OCH3 is 1. The van der Waals surface area contributed by atoms with E-state index in [-0.39, 0.29) is 17.9 Å². The van der Waals surface area contributed by atoms with Crippen molar-refractivity contribution in [3.8, 4) is 5.75 Å². The summed E-state index contributed by atoms with van der Waals surface area (Å²) in [6.07, 6.45) is 5.21. The van der Waals surface area contributed by atoms with Gasteiger partial charge in [-0.05, 0) is 37.0 Å². The SMILES string of the molecule is COc1ccc(CN=C(NCC(=O)N(C)C)NC2C3CCOC3C23CCC3)cc1. The van der Waals surface area contributed by atoms with E-state index >= 15 is 0 Å². The lowest BCUT2D eigenvalue weighted by Gasteiger charge is -2.63. The number of rotatable bonds is 6. The molecule has 1 heterocycles. The molecule has 158 valence electrons. The van der Waals surface area contributed by atoms with Gasteiger partial charge in [0.1, 0.15) is 5.75 Å². The maximum atomic E-state index is 12.1. The van der Waals surface area contributed by atoms with E-state index in [0.717, 1.165) is 24.3 Å². The Bertz CT molecular complexity index is 758. The summed E-state index contributed by atoms with van der Waals surface area (Å²) in [6, 6.07) is 8.29. The summed E-state index contributed by atoms with van der Waals surface area (Å²) in [5.74, 6) is 2.11. The zero-order chi connectivity index (χ0) is 20.4. The molecule has 2 N–H and O–H groups in total. The number of benzene rings is 1. The Balaban J connectivity index is 1.46. The first-order chi connectivity index (χ1) is 14.0. The van der Waals surface area contributed by atoms with E-state index in [1.54, 1.807) is 26.1 Å². The van der Waals surface area contributed by atoms with Crippen molar-refractivity contribution in [2.45, 2.75) is 44.4 Å². The molecule has 7 nitrogen and oxygen atoms in total. The quantitative estimate of drug-likeness (QED) is 0.562. The molecule has 3 aliphatic rings. The third-order valence-corrected chi connectivity index (χ3v) is 6.81. The molecule has 2 saturated carbocycles. The largest absolute Gasteiger partial charge is 0.497 e. The summed E-state index contributed by atoms with van der Waals surface area (Å²) in [5, 5.41) is 6.91. The monoisotopic (exact) mass is 400 g/mol. The van der Waals surface area contributed by atoms with E-state index in [2.05, 4.69) is 10.6 Å². The molecular formula is C22H32N4O3. The van der Waals surface area contributed by atoms with Gasteiger partial charge in [0.15, 0.2) is 5.96 Å². The van der Waals surface area contributed by atoms with Crippen LogP contribution in [-0.4, -0.2) is 63.3 Å². The number of nitrogens with zero attached hydrogens (tertiary/aromatic N) is 2. The number of guanidine groups is 1. The fourth-order valence-corrected chi connectivity index (χ4v) is 4.97. The van der Waals surface area contributed by atoms with Gasteiger partial charge in [0.2, 0.25) is 5.91 Å². The second-order valence-corrected chi connectivity index (χ2v) is 8.61. The van der Waals surface area contributed by atoms with Gasteiger partial charge in [-0.25, -0.2) is 4.99 Å². The first-order valence-electron chi connectivity index (χ1n) is 10.5. The van der Waals surface area contributed by atoms with Crippen LogP contribution in [0.15, 0.2) is 29.3 Å². The number of hydrogen-bond acceptors (Lipinski definition) is 4. The van der Waals surface area contributed by atoms with Crippen molar-refractivity contribution >= 4 is 11.9 Å². The lowest BCUT2D eigenvalue weighted by atomic mass is 9.46. The second kappa shape index (κ2) is 8.22. The van der Waals surface area contributed by atoms with E-state index in [9.17, 15) is 4.79 Å². The van der Waals surface area contributed by atoms with Crippen LogP contribution in [0, 0.1) is 11.3 Å². The topological polar surface area (TPSA) is 75.2 Å². The number of aliphatic imine (C=N–C) groups is 1. The van der Waals surface area contributed by atoms with Crippen LogP contribution in [0.1, 0.15) is 31.2 Å². The summed E-state index contributed by atoms with van der Waals surface area (Å²) in [4.78, 5) is 18.5. The highest BCUT2D eigenvalue weighted by Gasteiger charge is 2.66. The minimum Gasteiger partial charge on any atom is -0.497 e. The van der Waals surface area contributed by atoms with Gasteiger partial charge in [-0.2, -0.15) is 0 Å². The standard InChI is InChI=1S/C22H32N4O3/c1-26(2)18(27)14-24-21(23-13-15-5-7-16(28-3)8-6-15)25-19-17-9-12-29-20(17)22(19)10-4-11-22/h5-8,17,19-20H,4,9-14H2,1-3H3,(H2,23,24,25). The highest BCUT2D eigenvalue weighted by atomic mass is 16.5. The summed E-state index contributed by atoms with van der Waals surface area (Å²) >= 11 is 0. The number of hydrogen-bond donors (Lipinski definition) is 2. The molecule has 0 bridgehead atoms. The third-order valence-electron chi connectivity index (χ3n) is 6.81. The Morgan fingerprint density at radius 3 is 2.69 bits per heavy atom. The molecule has 1 spiro atoms. The highest BCUT2D eigenvalue weighted by molar-refractivity contribution is 5.86. The first-order valence-corrected chi connectivity index (χ1v) is 10.5. The molecule has 29 heavy (non-hydrogen) atoms. The normalized spacial score (nSPS) is 26.9. The number of amides is 1. The van der Waals surface area contributed by atoms with Gasteiger partial charge in [0.05, 0.1) is 26.3 Å². The third kappa shape index (κ3) is 3.80. The minimum atomic E-state index is 0.0259. The van der Waals surface area contributed by atoms with Crippen molar-refractivity contribution in [3.63, 3.8) is 0 Å². The second-order valence-electron chi connectivity index (χ2n) is 8.61. The predicted molar refractivity (Wildman–Crippen MR) is 112 cm³/mol. The van der Waals surface area contributed by atoms with Crippen molar-refractivity contribution in [2.24, 2.45) is 16.3 Å². The van der Waals surface area contributed by atoms with E-state index in [1.165, 1.54) is 19.3 Å². The van der Waals surface area contributed by atoms with E-state index in [0.29, 0.717) is 30.6 Å². The molecule has 1 saturated heterocycles. The van der Waals surface area contributed by atoms with E-state index in [1.807, 2.05) is 24.3 Å². The van der Waals surface area contributed by atoms with Crippen LogP contribution in [0.5, 0.6) is 5.75 Å². The molecule has 3 unspecified atom stereocenters. The molecule has 7 heteroatoms. The van der Waals surface area contributed by atoms with E-state index in [4.69, 9.17) is 14.5 Å². The number of carbonyl (C=O) groups excluding carboxylic acids is 1. The zero-order valence-electron chi connectivity index (χ0n) is 17.6. The van der Waals surface area contributed by atoms with Crippen LogP contribution < -0.4 is 15.4 Å². The smallest absolute Gasteiger partial charge is 0.241 e. The summed E-state index contributed by atoms with van der Waals surface area (Å²) in [5.41, 5.74) is 1.36. The molecule has 2 aliphatic carbocycles. The van der Waals surface area contributed by atoms with Crippen molar-refractivity contribution < 1.29 is 14.3 Å². The van der Waals surface area contributed by atoms with Crippen LogP contribution in [-0.2, 0) is 16.1 Å². The molecule has 1 aliphatic heterocycles. The predicted octanol–water partition coefficient (Wildman–Crippen LogP) is 1.78. The Morgan fingerprint density at radius 1 is 1.31 bits per heavy atom. The molecule has 1 aromatic carbocycles. The molecule has 1 aromatic rings. The fraction of sp³-hybridized carbons (Fsp3) is 0.636. The lowest BCUT2D eigenvalue weighted by Crippen LogP contribution is -2.72.